The fourth-order valence-electron chi connectivity index (χ4n) is 2.48. The van der Waals surface area contributed by atoms with Gasteiger partial charge in [0.15, 0.2) is 5.65 Å². The van der Waals surface area contributed by atoms with Crippen molar-refractivity contribution in [2.75, 3.05) is 0 Å². The van der Waals surface area contributed by atoms with Crippen LogP contribution in [-0.2, 0) is 0 Å². The summed E-state index contributed by atoms with van der Waals surface area (Å²) in [6, 6.07) is 16.7. The van der Waals surface area contributed by atoms with Crippen molar-refractivity contribution in [2.45, 2.75) is 0 Å². The van der Waals surface area contributed by atoms with Crippen LogP contribution >= 0.6 is 0 Å². The molecule has 0 amide bonds. The number of fused-ring (bicyclic) bond motifs is 1. The molecule has 0 saturated heterocycles. The Bertz CT molecular complexity index is 1030. The molecule has 4 aromatic rings. The van der Waals surface area contributed by atoms with Crippen molar-refractivity contribution in [1.29, 1.82) is 0 Å². The first-order chi connectivity index (χ1) is 11.3. The Morgan fingerprint density at radius 3 is 2.22 bits per heavy atom. The zero-order valence-electron chi connectivity index (χ0n) is 12.1. The molecule has 3 heterocycles. The fourth-order valence-corrected chi connectivity index (χ4v) is 2.48. The van der Waals surface area contributed by atoms with Crippen LogP contribution in [0.25, 0.3) is 33.7 Å². The summed E-state index contributed by atoms with van der Waals surface area (Å²) in [5.41, 5.74) is 4.30. The van der Waals surface area contributed by atoms with Gasteiger partial charge in [-0.25, -0.2) is 9.97 Å². The van der Waals surface area contributed by atoms with Crippen molar-refractivity contribution in [3.8, 4) is 22.5 Å². The van der Waals surface area contributed by atoms with Crippen molar-refractivity contribution in [3.05, 3.63) is 77.3 Å². The number of rotatable bonds is 2. The van der Waals surface area contributed by atoms with Gasteiger partial charge in [-0.3, -0.25) is 9.78 Å². The Morgan fingerprint density at radius 1 is 0.739 bits per heavy atom. The van der Waals surface area contributed by atoms with Crippen LogP contribution in [0, 0.1) is 0 Å². The Labute approximate surface area is 131 Å². The minimum absolute atomic E-state index is 0.192. The van der Waals surface area contributed by atoms with Gasteiger partial charge in [0.25, 0.3) is 0 Å². The van der Waals surface area contributed by atoms with Crippen molar-refractivity contribution >= 4 is 11.2 Å². The summed E-state index contributed by atoms with van der Waals surface area (Å²) in [5, 5.41) is 0. The van der Waals surface area contributed by atoms with Gasteiger partial charge in [-0.05, 0) is 18.2 Å². The lowest BCUT2D eigenvalue weighted by molar-refractivity contribution is 1.19. The average molecular weight is 300 g/mol. The summed E-state index contributed by atoms with van der Waals surface area (Å²) in [7, 11) is 0. The van der Waals surface area contributed by atoms with E-state index in [-0.39, 0.29) is 5.56 Å². The predicted octanol–water partition coefficient (Wildman–Crippen LogP) is 3.05. The quantitative estimate of drug-likeness (QED) is 0.617. The zero-order valence-corrected chi connectivity index (χ0v) is 12.1. The number of nitrogens with zero attached hydrogens (tertiary/aromatic N) is 3. The van der Waals surface area contributed by atoms with E-state index >= 15 is 0 Å². The largest absolute Gasteiger partial charge is 0.305 e. The lowest BCUT2D eigenvalue weighted by Crippen LogP contribution is -2.06. The minimum Gasteiger partial charge on any atom is -0.305 e. The molecule has 110 valence electrons. The number of hydrogen-bond donors (Lipinski definition) is 1. The summed E-state index contributed by atoms with van der Waals surface area (Å²) in [6.07, 6.45) is 3.45. The minimum atomic E-state index is -0.192. The number of nitrogens with one attached hydrogen (secondary N) is 1. The highest BCUT2D eigenvalue weighted by molar-refractivity contribution is 5.84. The lowest BCUT2D eigenvalue weighted by Gasteiger charge is -2.10. The Hall–Kier alpha value is -3.34. The Balaban J connectivity index is 2.06. The zero-order chi connectivity index (χ0) is 15.6. The van der Waals surface area contributed by atoms with Gasteiger partial charge in [-0.1, -0.05) is 30.3 Å². The number of pyridine rings is 2. The number of hydrogen-bond acceptors (Lipinski definition) is 4. The van der Waals surface area contributed by atoms with Crippen molar-refractivity contribution in [2.24, 2.45) is 0 Å². The summed E-state index contributed by atoms with van der Waals surface area (Å²) >= 11 is 0. The van der Waals surface area contributed by atoms with Crippen LogP contribution in [0.2, 0.25) is 0 Å². The van der Waals surface area contributed by atoms with Gasteiger partial charge in [0, 0.05) is 29.6 Å². The second kappa shape index (κ2) is 5.46. The number of H-pyrrole nitrogens is 1. The molecule has 4 rings (SSSR count). The summed E-state index contributed by atoms with van der Waals surface area (Å²) < 4.78 is 0. The van der Waals surface area contributed by atoms with E-state index in [1.807, 2.05) is 42.5 Å². The summed E-state index contributed by atoms with van der Waals surface area (Å²) in [6.45, 7) is 0. The second-order valence-corrected chi connectivity index (χ2v) is 5.08. The van der Waals surface area contributed by atoms with Crippen molar-refractivity contribution < 1.29 is 0 Å². The molecule has 0 spiro atoms. The van der Waals surface area contributed by atoms with Gasteiger partial charge < -0.3 is 4.98 Å². The maximum atomic E-state index is 11.6. The molecule has 5 heteroatoms. The van der Waals surface area contributed by atoms with E-state index in [0.717, 1.165) is 22.5 Å². The first-order valence-corrected chi connectivity index (χ1v) is 7.18. The van der Waals surface area contributed by atoms with E-state index in [2.05, 4.69) is 15.0 Å². The van der Waals surface area contributed by atoms with E-state index < -0.39 is 0 Å². The third-order valence-corrected chi connectivity index (χ3v) is 3.56. The number of aromatic nitrogens is 4. The van der Waals surface area contributed by atoms with Gasteiger partial charge in [0.05, 0.1) is 11.4 Å². The Kier molecular flexibility index (Phi) is 3.16. The average Bonchev–Trinajstić information content (AvgIpc) is 2.62. The molecule has 1 N–H and O–H groups in total. The first kappa shape index (κ1) is 13.3. The number of benzene rings is 1. The molecule has 0 saturated carbocycles. The van der Waals surface area contributed by atoms with Crippen LogP contribution < -0.4 is 5.56 Å². The highest BCUT2D eigenvalue weighted by Crippen LogP contribution is 2.29. The van der Waals surface area contributed by atoms with E-state index in [0.29, 0.717) is 11.2 Å². The fraction of sp³-hybridized carbons (Fsp3) is 0. The van der Waals surface area contributed by atoms with E-state index in [1.165, 1.54) is 6.07 Å². The molecule has 1 aromatic carbocycles. The van der Waals surface area contributed by atoms with Gasteiger partial charge in [0.2, 0.25) is 5.56 Å². The van der Waals surface area contributed by atoms with Gasteiger partial charge in [0.1, 0.15) is 5.52 Å². The van der Waals surface area contributed by atoms with Crippen LogP contribution in [0.4, 0.5) is 0 Å². The summed E-state index contributed by atoms with van der Waals surface area (Å²) in [4.78, 5) is 27.7. The van der Waals surface area contributed by atoms with Crippen LogP contribution in [0.3, 0.4) is 0 Å². The molecule has 0 unspecified atom stereocenters. The van der Waals surface area contributed by atoms with E-state index in [9.17, 15) is 4.79 Å². The van der Waals surface area contributed by atoms with Crippen LogP contribution in [0.15, 0.2) is 71.8 Å². The van der Waals surface area contributed by atoms with Crippen LogP contribution in [0.1, 0.15) is 0 Å². The molecule has 5 nitrogen and oxygen atoms in total. The third-order valence-electron chi connectivity index (χ3n) is 3.56. The van der Waals surface area contributed by atoms with Crippen molar-refractivity contribution in [3.63, 3.8) is 0 Å². The maximum absolute atomic E-state index is 11.6. The highest BCUT2D eigenvalue weighted by atomic mass is 16.1. The SMILES string of the molecule is O=c1ccc2nc(-c3ccncc3)c(-c3ccccc3)nc2[nH]1. The molecule has 0 bridgehead atoms. The van der Waals surface area contributed by atoms with Gasteiger partial charge in [-0.15, -0.1) is 0 Å². The summed E-state index contributed by atoms with van der Waals surface area (Å²) in [5.74, 6) is 0. The monoisotopic (exact) mass is 300 g/mol. The number of aromatic amines is 1. The van der Waals surface area contributed by atoms with Crippen molar-refractivity contribution in [1.82, 2.24) is 19.9 Å². The maximum Gasteiger partial charge on any atom is 0.249 e. The van der Waals surface area contributed by atoms with Gasteiger partial charge >= 0.3 is 0 Å². The molecule has 0 atom stereocenters. The standard InChI is InChI=1S/C18H12N4O/c23-15-7-6-14-18(21-15)22-17(12-4-2-1-3-5-12)16(20-14)13-8-10-19-11-9-13/h1-11H,(H,21,22,23). The Morgan fingerprint density at radius 2 is 1.43 bits per heavy atom. The third kappa shape index (κ3) is 2.48. The van der Waals surface area contributed by atoms with Crippen LogP contribution in [0.5, 0.6) is 0 Å². The predicted molar refractivity (Wildman–Crippen MR) is 88.8 cm³/mol. The normalized spacial score (nSPS) is 10.8. The molecule has 0 aliphatic rings. The molecular weight excluding hydrogens is 288 g/mol. The smallest absolute Gasteiger partial charge is 0.249 e. The van der Waals surface area contributed by atoms with E-state index in [1.54, 1.807) is 18.5 Å². The van der Waals surface area contributed by atoms with Gasteiger partial charge in [-0.2, -0.15) is 0 Å². The molecular formula is C18H12N4O. The highest BCUT2D eigenvalue weighted by Gasteiger charge is 2.13. The molecule has 0 radical (unpaired) electrons. The lowest BCUT2D eigenvalue weighted by atomic mass is 10.0. The molecule has 3 aromatic heterocycles. The topological polar surface area (TPSA) is 71.5 Å². The van der Waals surface area contributed by atoms with E-state index in [4.69, 9.17) is 4.98 Å². The molecule has 0 aliphatic heterocycles. The molecule has 0 fully saturated rings. The molecule has 0 aliphatic carbocycles. The first-order valence-electron chi connectivity index (χ1n) is 7.18. The second-order valence-electron chi connectivity index (χ2n) is 5.08. The molecule has 23 heavy (non-hydrogen) atoms. The van der Waals surface area contributed by atoms with Crippen LogP contribution in [-0.4, -0.2) is 19.9 Å².